The maximum atomic E-state index is 12.8. The Morgan fingerprint density at radius 2 is 2.06 bits per heavy atom. The van der Waals surface area contributed by atoms with Crippen LogP contribution in [0.3, 0.4) is 0 Å². The molecule has 2 nitrogen and oxygen atoms in total. The lowest BCUT2D eigenvalue weighted by molar-refractivity contribution is -0.139. The third-order valence-corrected chi connectivity index (χ3v) is 3.40. The first kappa shape index (κ1) is 11.4. The van der Waals surface area contributed by atoms with Gasteiger partial charge >= 0.3 is 6.18 Å². The number of pyridine rings is 1. The molecular weight excluding hydrogens is 217 g/mol. The van der Waals surface area contributed by atoms with Crippen LogP contribution in [0, 0.1) is 0 Å². The molecule has 0 saturated heterocycles. The molecule has 5 heteroatoms. The normalized spacial score (nSPS) is 19.2. The standard InChI is InChI=1S/C11H13F3N2/c12-11(13,14)9-6-16-5-2-8(9)10(7-15)3-1-4-10/h2,5-6H,1,3-4,7,15H2. The summed E-state index contributed by atoms with van der Waals surface area (Å²) in [6.07, 6.45) is 0.358. The highest BCUT2D eigenvalue weighted by atomic mass is 19.4. The van der Waals surface area contributed by atoms with E-state index in [1.807, 2.05) is 0 Å². The Labute approximate surface area is 91.7 Å². The van der Waals surface area contributed by atoms with Crippen LogP contribution in [0.2, 0.25) is 0 Å². The van der Waals surface area contributed by atoms with Gasteiger partial charge in [-0.2, -0.15) is 13.2 Å². The van der Waals surface area contributed by atoms with Crippen LogP contribution in [0.15, 0.2) is 18.5 Å². The SMILES string of the molecule is NCC1(c2ccncc2C(F)(F)F)CCC1. The first-order valence-corrected chi connectivity index (χ1v) is 5.21. The Balaban J connectivity index is 2.48. The zero-order valence-corrected chi connectivity index (χ0v) is 8.72. The molecule has 0 aromatic carbocycles. The van der Waals surface area contributed by atoms with Crippen LogP contribution in [-0.2, 0) is 11.6 Å². The molecule has 0 aliphatic heterocycles. The number of nitrogens with zero attached hydrogens (tertiary/aromatic N) is 1. The van der Waals surface area contributed by atoms with E-state index in [4.69, 9.17) is 5.73 Å². The van der Waals surface area contributed by atoms with Gasteiger partial charge in [0, 0.05) is 24.4 Å². The van der Waals surface area contributed by atoms with Crippen LogP contribution >= 0.6 is 0 Å². The number of halogens is 3. The van der Waals surface area contributed by atoms with Crippen molar-refractivity contribution in [2.45, 2.75) is 30.9 Å². The van der Waals surface area contributed by atoms with Gasteiger partial charge in [-0.25, -0.2) is 0 Å². The lowest BCUT2D eigenvalue weighted by Crippen LogP contribution is -2.43. The van der Waals surface area contributed by atoms with Gasteiger partial charge in [-0.1, -0.05) is 6.42 Å². The molecule has 88 valence electrons. The zero-order valence-electron chi connectivity index (χ0n) is 8.72. The molecule has 0 amide bonds. The molecule has 2 N–H and O–H groups in total. The van der Waals surface area contributed by atoms with E-state index >= 15 is 0 Å². The minimum Gasteiger partial charge on any atom is -0.330 e. The Morgan fingerprint density at radius 1 is 1.38 bits per heavy atom. The fraction of sp³-hybridized carbons (Fsp3) is 0.545. The van der Waals surface area contributed by atoms with E-state index < -0.39 is 17.2 Å². The highest BCUT2D eigenvalue weighted by Gasteiger charge is 2.44. The highest BCUT2D eigenvalue weighted by Crippen LogP contribution is 2.47. The maximum Gasteiger partial charge on any atom is 0.418 e. The second kappa shape index (κ2) is 3.73. The van der Waals surface area contributed by atoms with Gasteiger partial charge in [0.05, 0.1) is 5.56 Å². The van der Waals surface area contributed by atoms with Crippen molar-refractivity contribution in [2.75, 3.05) is 6.54 Å². The van der Waals surface area contributed by atoms with Crippen LogP contribution in [0.4, 0.5) is 13.2 Å². The molecule has 0 unspecified atom stereocenters. The molecule has 2 rings (SSSR count). The quantitative estimate of drug-likeness (QED) is 0.847. The molecule has 1 aliphatic carbocycles. The molecule has 16 heavy (non-hydrogen) atoms. The summed E-state index contributed by atoms with van der Waals surface area (Å²) in [7, 11) is 0. The van der Waals surface area contributed by atoms with Gasteiger partial charge in [0.15, 0.2) is 0 Å². The van der Waals surface area contributed by atoms with Gasteiger partial charge in [0.25, 0.3) is 0 Å². The summed E-state index contributed by atoms with van der Waals surface area (Å²) in [5.41, 5.74) is 4.82. The molecule has 0 spiro atoms. The molecule has 1 heterocycles. The number of hydrogen-bond acceptors (Lipinski definition) is 2. The Hall–Kier alpha value is -1.10. The van der Waals surface area contributed by atoms with Crippen LogP contribution in [0.5, 0.6) is 0 Å². The Bertz CT molecular complexity index is 378. The van der Waals surface area contributed by atoms with Gasteiger partial charge in [0.2, 0.25) is 0 Å². The highest BCUT2D eigenvalue weighted by molar-refractivity contribution is 5.36. The average Bonchev–Trinajstić information content (AvgIpc) is 2.16. The fourth-order valence-electron chi connectivity index (χ4n) is 2.27. The molecule has 1 aromatic rings. The second-order valence-corrected chi connectivity index (χ2v) is 4.26. The van der Waals surface area contributed by atoms with Gasteiger partial charge in [0.1, 0.15) is 0 Å². The number of aromatic nitrogens is 1. The lowest BCUT2D eigenvalue weighted by Gasteiger charge is -2.42. The van der Waals surface area contributed by atoms with Gasteiger partial charge < -0.3 is 5.73 Å². The van der Waals surface area contributed by atoms with E-state index in [2.05, 4.69) is 4.98 Å². The van der Waals surface area contributed by atoms with Gasteiger partial charge in [-0.3, -0.25) is 4.98 Å². The van der Waals surface area contributed by atoms with Crippen molar-refractivity contribution >= 4 is 0 Å². The maximum absolute atomic E-state index is 12.8. The molecule has 1 aliphatic rings. The molecule has 1 fully saturated rings. The van der Waals surface area contributed by atoms with E-state index in [-0.39, 0.29) is 6.54 Å². The van der Waals surface area contributed by atoms with E-state index in [0.717, 1.165) is 25.5 Å². The Morgan fingerprint density at radius 3 is 2.50 bits per heavy atom. The number of rotatable bonds is 2. The second-order valence-electron chi connectivity index (χ2n) is 4.26. The van der Waals surface area contributed by atoms with Crippen LogP contribution in [0.25, 0.3) is 0 Å². The fourth-order valence-corrected chi connectivity index (χ4v) is 2.27. The summed E-state index contributed by atoms with van der Waals surface area (Å²) in [5.74, 6) is 0. The summed E-state index contributed by atoms with van der Waals surface area (Å²) >= 11 is 0. The number of nitrogens with two attached hydrogens (primary N) is 1. The van der Waals surface area contributed by atoms with Gasteiger partial charge in [-0.15, -0.1) is 0 Å². The van der Waals surface area contributed by atoms with E-state index in [1.54, 1.807) is 0 Å². The van der Waals surface area contributed by atoms with Crippen LogP contribution < -0.4 is 5.73 Å². The van der Waals surface area contributed by atoms with E-state index in [1.165, 1.54) is 12.3 Å². The van der Waals surface area contributed by atoms with Crippen molar-refractivity contribution in [1.29, 1.82) is 0 Å². The number of hydrogen-bond donors (Lipinski definition) is 1. The van der Waals surface area contributed by atoms with Crippen molar-refractivity contribution in [3.8, 4) is 0 Å². The molecule has 1 saturated carbocycles. The molecule has 1 aromatic heterocycles. The zero-order chi connectivity index (χ0) is 11.8. The number of alkyl halides is 3. The molecular formula is C11H13F3N2. The summed E-state index contributed by atoms with van der Waals surface area (Å²) in [6, 6.07) is 1.45. The third-order valence-electron chi connectivity index (χ3n) is 3.40. The summed E-state index contributed by atoms with van der Waals surface area (Å²) in [4.78, 5) is 3.56. The summed E-state index contributed by atoms with van der Waals surface area (Å²) in [5, 5.41) is 0. The summed E-state index contributed by atoms with van der Waals surface area (Å²) in [6.45, 7) is 0.264. The van der Waals surface area contributed by atoms with E-state index in [0.29, 0.717) is 5.56 Å². The lowest BCUT2D eigenvalue weighted by atomic mass is 9.63. The minimum absolute atomic E-state index is 0.264. The molecule has 0 bridgehead atoms. The average molecular weight is 230 g/mol. The Kier molecular flexibility index (Phi) is 2.66. The van der Waals surface area contributed by atoms with Crippen molar-refractivity contribution in [3.63, 3.8) is 0 Å². The first-order valence-electron chi connectivity index (χ1n) is 5.21. The third kappa shape index (κ3) is 1.69. The summed E-state index contributed by atoms with van der Waals surface area (Å²) < 4.78 is 38.4. The monoisotopic (exact) mass is 230 g/mol. The van der Waals surface area contributed by atoms with Crippen molar-refractivity contribution in [2.24, 2.45) is 5.73 Å². The molecule has 0 atom stereocenters. The minimum atomic E-state index is -4.35. The van der Waals surface area contributed by atoms with Crippen molar-refractivity contribution in [3.05, 3.63) is 29.6 Å². The van der Waals surface area contributed by atoms with Gasteiger partial charge in [-0.05, 0) is 24.5 Å². The van der Waals surface area contributed by atoms with Crippen molar-refractivity contribution < 1.29 is 13.2 Å². The smallest absolute Gasteiger partial charge is 0.330 e. The predicted octanol–water partition coefficient (Wildman–Crippen LogP) is 2.48. The van der Waals surface area contributed by atoms with Crippen LogP contribution in [0.1, 0.15) is 30.4 Å². The van der Waals surface area contributed by atoms with Crippen LogP contribution in [-0.4, -0.2) is 11.5 Å². The first-order chi connectivity index (χ1) is 7.49. The topological polar surface area (TPSA) is 38.9 Å². The molecule has 0 radical (unpaired) electrons. The largest absolute Gasteiger partial charge is 0.418 e. The predicted molar refractivity (Wildman–Crippen MR) is 53.8 cm³/mol. The van der Waals surface area contributed by atoms with E-state index in [9.17, 15) is 13.2 Å². The van der Waals surface area contributed by atoms with Crippen molar-refractivity contribution in [1.82, 2.24) is 4.98 Å².